The Morgan fingerprint density at radius 1 is 1.70 bits per heavy atom. The normalized spacial score (nSPS) is 32.4. The minimum Gasteiger partial charge on any atom is -0.0968 e. The maximum absolute atomic E-state index is 5.60. The van der Waals surface area contributed by atoms with E-state index in [0.717, 1.165) is 0 Å². The van der Waals surface area contributed by atoms with Gasteiger partial charge in [0.05, 0.1) is 0 Å². The summed E-state index contributed by atoms with van der Waals surface area (Å²) in [7, 11) is 0. The molecule has 1 aliphatic rings. The van der Waals surface area contributed by atoms with Crippen LogP contribution in [-0.2, 0) is 11.8 Å². The molecule has 10 heavy (non-hydrogen) atoms. The van der Waals surface area contributed by atoms with Crippen LogP contribution in [0.25, 0.3) is 0 Å². The molecule has 0 amide bonds. The first-order valence-corrected chi connectivity index (χ1v) is 7.25. The first-order valence-electron chi connectivity index (χ1n) is 3.89. The van der Waals surface area contributed by atoms with Crippen LogP contribution in [0.5, 0.6) is 0 Å². The molecule has 0 nitrogen and oxygen atoms in total. The van der Waals surface area contributed by atoms with Gasteiger partial charge in [0.25, 0.3) is 0 Å². The summed E-state index contributed by atoms with van der Waals surface area (Å²) in [6.07, 6.45) is 7.43. The van der Waals surface area contributed by atoms with Crippen molar-refractivity contribution < 1.29 is 0 Å². The van der Waals surface area contributed by atoms with Crippen LogP contribution in [0, 0.1) is 0 Å². The molecule has 0 aromatic heterocycles. The van der Waals surface area contributed by atoms with Crippen molar-refractivity contribution in [2.75, 3.05) is 18.5 Å². The summed E-state index contributed by atoms with van der Waals surface area (Å²) in [4.78, 5) is 0. The van der Waals surface area contributed by atoms with E-state index in [0.29, 0.717) is 0 Å². The van der Waals surface area contributed by atoms with Crippen LogP contribution in [0.15, 0.2) is 11.6 Å². The summed E-state index contributed by atoms with van der Waals surface area (Å²) in [6, 6.07) is -0.885. The Labute approximate surface area is 68.7 Å². The average Bonchev–Trinajstić information content (AvgIpc) is 2.12. The van der Waals surface area contributed by atoms with E-state index in [4.69, 9.17) is 11.8 Å². The minimum absolute atomic E-state index is 0.885. The van der Waals surface area contributed by atoms with Gasteiger partial charge >= 0.3 is 0 Å². The first-order chi connectivity index (χ1) is 4.66. The quantitative estimate of drug-likeness (QED) is 0.458. The Hall–Kier alpha value is 0.390. The fourth-order valence-electron chi connectivity index (χ4n) is 1.48. The van der Waals surface area contributed by atoms with Crippen LogP contribution >= 0.6 is 6.04 Å². The van der Waals surface area contributed by atoms with Gasteiger partial charge in [0.1, 0.15) is 0 Å². The monoisotopic (exact) mass is 174 g/mol. The second kappa shape index (κ2) is 3.19. The molecule has 0 bridgehead atoms. The van der Waals surface area contributed by atoms with Gasteiger partial charge in [-0.05, 0) is 31.4 Å². The lowest BCUT2D eigenvalue weighted by molar-refractivity contribution is 1.09. The van der Waals surface area contributed by atoms with Crippen LogP contribution in [-0.4, -0.2) is 18.5 Å². The molecule has 1 heterocycles. The van der Waals surface area contributed by atoms with E-state index in [1.165, 1.54) is 30.5 Å². The highest BCUT2D eigenvalue weighted by Crippen LogP contribution is 2.51. The highest BCUT2D eigenvalue weighted by molar-refractivity contribution is 8.14. The average molecular weight is 174 g/mol. The molecule has 0 radical (unpaired) electrons. The largest absolute Gasteiger partial charge is 0.0968 e. The second-order valence-corrected chi connectivity index (χ2v) is 8.74. The fraction of sp³-hybridized carbons (Fsp3) is 0.750. The van der Waals surface area contributed by atoms with Crippen LogP contribution in [0.1, 0.15) is 20.3 Å². The number of rotatable bonds is 2. The van der Waals surface area contributed by atoms with Gasteiger partial charge in [0, 0.05) is 0 Å². The third kappa shape index (κ3) is 1.93. The van der Waals surface area contributed by atoms with Gasteiger partial charge in [-0.2, -0.15) is 0 Å². The molecule has 58 valence electrons. The molecule has 0 fully saturated rings. The van der Waals surface area contributed by atoms with Gasteiger partial charge in [0.15, 0.2) is 0 Å². The van der Waals surface area contributed by atoms with E-state index in [2.05, 4.69) is 19.9 Å². The Morgan fingerprint density at radius 3 is 2.80 bits per heavy atom. The minimum atomic E-state index is -0.885. The van der Waals surface area contributed by atoms with Crippen molar-refractivity contribution in [3.8, 4) is 0 Å². The summed E-state index contributed by atoms with van der Waals surface area (Å²) < 4.78 is 0. The third-order valence-electron chi connectivity index (χ3n) is 1.94. The lowest BCUT2D eigenvalue weighted by atomic mass is 10.3. The molecule has 1 atom stereocenters. The first kappa shape index (κ1) is 8.49. The number of allylic oxidation sites excluding steroid dienone is 2. The highest BCUT2D eigenvalue weighted by Gasteiger charge is 2.19. The van der Waals surface area contributed by atoms with E-state index in [1.807, 2.05) is 0 Å². The van der Waals surface area contributed by atoms with Gasteiger partial charge in [-0.3, -0.25) is 0 Å². The van der Waals surface area contributed by atoms with E-state index >= 15 is 0 Å². The van der Waals surface area contributed by atoms with Crippen molar-refractivity contribution in [3.05, 3.63) is 11.6 Å². The van der Waals surface area contributed by atoms with Crippen molar-refractivity contribution in [3.63, 3.8) is 0 Å². The van der Waals surface area contributed by atoms with E-state index in [-0.39, 0.29) is 0 Å². The van der Waals surface area contributed by atoms with Gasteiger partial charge in [-0.15, -0.1) is 0 Å². The summed E-state index contributed by atoms with van der Waals surface area (Å²) in [6.45, 7) is 4.45. The van der Waals surface area contributed by atoms with Crippen molar-refractivity contribution in [2.24, 2.45) is 0 Å². The van der Waals surface area contributed by atoms with Crippen molar-refractivity contribution in [1.29, 1.82) is 0 Å². The zero-order valence-corrected chi connectivity index (χ0v) is 8.47. The SMILES string of the molecule is CCCP1(=S)CC=C(C)C1. The van der Waals surface area contributed by atoms with E-state index in [9.17, 15) is 0 Å². The lowest BCUT2D eigenvalue weighted by Gasteiger charge is -2.13. The van der Waals surface area contributed by atoms with Crippen LogP contribution in [0.3, 0.4) is 0 Å². The Bertz CT molecular complexity index is 193. The zero-order valence-electron chi connectivity index (χ0n) is 6.76. The predicted molar refractivity (Wildman–Crippen MR) is 52.9 cm³/mol. The smallest absolute Gasteiger partial charge is 0.00235 e. The molecule has 2 heteroatoms. The molecule has 0 spiro atoms. The Balaban J connectivity index is 2.53. The summed E-state index contributed by atoms with van der Waals surface area (Å²) in [5.74, 6) is 0. The molecule has 0 saturated heterocycles. The maximum atomic E-state index is 5.60. The summed E-state index contributed by atoms with van der Waals surface area (Å²) in [5.41, 5.74) is 1.54. The van der Waals surface area contributed by atoms with Crippen molar-refractivity contribution in [2.45, 2.75) is 20.3 Å². The molecule has 1 rings (SSSR count). The summed E-state index contributed by atoms with van der Waals surface area (Å²) >= 11 is 5.60. The van der Waals surface area contributed by atoms with Crippen LogP contribution in [0.4, 0.5) is 0 Å². The Morgan fingerprint density at radius 2 is 2.40 bits per heavy atom. The molecular formula is C8H15PS. The van der Waals surface area contributed by atoms with Crippen LogP contribution in [0.2, 0.25) is 0 Å². The predicted octanol–water partition coefficient (Wildman–Crippen LogP) is 2.84. The summed E-state index contributed by atoms with van der Waals surface area (Å²) in [5, 5.41) is 0. The van der Waals surface area contributed by atoms with Gasteiger partial charge < -0.3 is 0 Å². The standard InChI is InChI=1S/C8H15PS/c1-3-5-9(10)6-4-8(2)7-9/h4H,3,5-7H2,1-2H3. The number of hydrogen-bond donors (Lipinski definition) is 0. The molecule has 0 aliphatic carbocycles. The van der Waals surface area contributed by atoms with E-state index in [1.54, 1.807) is 0 Å². The lowest BCUT2D eigenvalue weighted by Crippen LogP contribution is -1.90. The second-order valence-electron chi connectivity index (χ2n) is 3.17. The van der Waals surface area contributed by atoms with Gasteiger partial charge in [0.2, 0.25) is 0 Å². The number of hydrogen-bond acceptors (Lipinski definition) is 1. The fourth-order valence-corrected chi connectivity index (χ4v) is 5.83. The van der Waals surface area contributed by atoms with Crippen LogP contribution < -0.4 is 0 Å². The molecule has 1 unspecified atom stereocenters. The molecule has 1 aliphatic heterocycles. The van der Waals surface area contributed by atoms with Gasteiger partial charge in [-0.25, -0.2) is 0 Å². The van der Waals surface area contributed by atoms with E-state index < -0.39 is 6.04 Å². The molecule has 0 aromatic rings. The Kier molecular flexibility index (Phi) is 2.71. The molecule has 0 aromatic carbocycles. The maximum Gasteiger partial charge on any atom is -0.00235 e. The van der Waals surface area contributed by atoms with Crippen molar-refractivity contribution >= 4 is 17.8 Å². The highest BCUT2D eigenvalue weighted by atomic mass is 32.4. The van der Waals surface area contributed by atoms with Gasteiger partial charge in [-0.1, -0.05) is 36.8 Å². The molecule has 0 N–H and O–H groups in total. The zero-order chi connectivity index (χ0) is 7.61. The molecule has 0 saturated carbocycles. The topological polar surface area (TPSA) is 0 Å². The molecular weight excluding hydrogens is 159 g/mol. The van der Waals surface area contributed by atoms with Crippen molar-refractivity contribution in [1.82, 2.24) is 0 Å². The third-order valence-corrected chi connectivity index (χ3v) is 6.51.